The summed E-state index contributed by atoms with van der Waals surface area (Å²) in [7, 11) is 0. The third-order valence-electron chi connectivity index (χ3n) is 3.79. The van der Waals surface area contributed by atoms with Crippen molar-refractivity contribution in [3.8, 4) is 22.6 Å². The standard InChI is InChI=1S/C22H20N2O3/c1-15(25)23-21-12-11-18(14-22(21)24-16(2)26)17-7-6-10-20(13-17)27-19-8-4-3-5-9-19/h3-14H,1-2H3,(H,23,25)(H,24,26). The van der Waals surface area contributed by atoms with Crippen LogP contribution in [0.1, 0.15) is 13.8 Å². The Bertz CT molecular complexity index is 968. The van der Waals surface area contributed by atoms with Crippen LogP contribution >= 0.6 is 0 Å². The van der Waals surface area contributed by atoms with Crippen molar-refractivity contribution in [2.45, 2.75) is 13.8 Å². The zero-order chi connectivity index (χ0) is 19.2. The highest BCUT2D eigenvalue weighted by Crippen LogP contribution is 2.32. The molecule has 0 atom stereocenters. The van der Waals surface area contributed by atoms with E-state index in [1.54, 1.807) is 6.07 Å². The number of para-hydroxylation sites is 1. The molecule has 0 aliphatic carbocycles. The second kappa shape index (κ2) is 8.19. The normalized spacial score (nSPS) is 10.1. The van der Waals surface area contributed by atoms with Crippen molar-refractivity contribution < 1.29 is 14.3 Å². The summed E-state index contributed by atoms with van der Waals surface area (Å²) >= 11 is 0. The predicted molar refractivity (Wildman–Crippen MR) is 107 cm³/mol. The second-order valence-electron chi connectivity index (χ2n) is 6.07. The van der Waals surface area contributed by atoms with Crippen LogP contribution in [0, 0.1) is 0 Å². The highest BCUT2D eigenvalue weighted by atomic mass is 16.5. The van der Waals surface area contributed by atoms with Gasteiger partial charge in [0.1, 0.15) is 11.5 Å². The fourth-order valence-corrected chi connectivity index (χ4v) is 2.68. The van der Waals surface area contributed by atoms with Gasteiger partial charge in [-0.2, -0.15) is 0 Å². The average molecular weight is 360 g/mol. The van der Waals surface area contributed by atoms with E-state index in [1.165, 1.54) is 13.8 Å². The molecule has 0 saturated heterocycles. The summed E-state index contributed by atoms with van der Waals surface area (Å²) in [4.78, 5) is 22.9. The molecular weight excluding hydrogens is 340 g/mol. The number of carbonyl (C=O) groups is 2. The Kier molecular flexibility index (Phi) is 5.52. The average Bonchev–Trinajstić information content (AvgIpc) is 2.63. The number of amides is 2. The first-order valence-corrected chi connectivity index (χ1v) is 8.54. The van der Waals surface area contributed by atoms with Gasteiger partial charge >= 0.3 is 0 Å². The molecule has 0 unspecified atom stereocenters. The SMILES string of the molecule is CC(=O)Nc1ccc(-c2cccc(Oc3ccccc3)c2)cc1NC(C)=O. The van der Waals surface area contributed by atoms with Crippen molar-refractivity contribution in [3.05, 3.63) is 72.8 Å². The lowest BCUT2D eigenvalue weighted by atomic mass is 10.0. The zero-order valence-electron chi connectivity index (χ0n) is 15.2. The molecule has 5 heteroatoms. The summed E-state index contributed by atoms with van der Waals surface area (Å²) in [5, 5.41) is 5.48. The molecule has 3 aromatic rings. The monoisotopic (exact) mass is 360 g/mol. The molecule has 0 aliphatic rings. The third kappa shape index (κ3) is 4.95. The summed E-state index contributed by atoms with van der Waals surface area (Å²) < 4.78 is 5.88. The van der Waals surface area contributed by atoms with Gasteiger partial charge in [0.25, 0.3) is 0 Å². The van der Waals surface area contributed by atoms with Gasteiger partial charge in [0.15, 0.2) is 0 Å². The molecule has 136 valence electrons. The Morgan fingerprint density at radius 3 is 2.00 bits per heavy atom. The first-order chi connectivity index (χ1) is 13.0. The Morgan fingerprint density at radius 2 is 1.30 bits per heavy atom. The highest BCUT2D eigenvalue weighted by molar-refractivity contribution is 5.99. The molecule has 0 heterocycles. The van der Waals surface area contributed by atoms with E-state index in [4.69, 9.17) is 4.74 Å². The number of ether oxygens (including phenoxy) is 1. The van der Waals surface area contributed by atoms with E-state index in [2.05, 4.69) is 10.6 Å². The minimum absolute atomic E-state index is 0.201. The second-order valence-corrected chi connectivity index (χ2v) is 6.07. The van der Waals surface area contributed by atoms with Gasteiger partial charge in [0.2, 0.25) is 11.8 Å². The van der Waals surface area contributed by atoms with E-state index in [-0.39, 0.29) is 11.8 Å². The summed E-state index contributed by atoms with van der Waals surface area (Å²) in [5.41, 5.74) is 2.93. The molecular formula is C22H20N2O3. The van der Waals surface area contributed by atoms with Gasteiger partial charge in [0, 0.05) is 13.8 Å². The van der Waals surface area contributed by atoms with Crippen LogP contribution in [0.3, 0.4) is 0 Å². The van der Waals surface area contributed by atoms with Crippen LogP contribution in [0.5, 0.6) is 11.5 Å². The summed E-state index contributed by atoms with van der Waals surface area (Å²) in [6.45, 7) is 2.86. The van der Waals surface area contributed by atoms with Crippen molar-refractivity contribution in [3.63, 3.8) is 0 Å². The largest absolute Gasteiger partial charge is 0.457 e. The van der Waals surface area contributed by atoms with Crippen LogP contribution < -0.4 is 15.4 Å². The Hall–Kier alpha value is -3.60. The number of carbonyl (C=O) groups excluding carboxylic acids is 2. The fraction of sp³-hybridized carbons (Fsp3) is 0.0909. The van der Waals surface area contributed by atoms with Crippen LogP contribution in [0.2, 0.25) is 0 Å². The molecule has 0 spiro atoms. The Balaban J connectivity index is 1.92. The van der Waals surface area contributed by atoms with Crippen LogP contribution in [0.4, 0.5) is 11.4 Å². The van der Waals surface area contributed by atoms with Gasteiger partial charge < -0.3 is 15.4 Å². The summed E-state index contributed by atoms with van der Waals surface area (Å²) in [6.07, 6.45) is 0. The van der Waals surface area contributed by atoms with E-state index in [0.29, 0.717) is 17.1 Å². The number of hydrogen-bond donors (Lipinski definition) is 2. The molecule has 0 bridgehead atoms. The number of nitrogens with one attached hydrogen (secondary N) is 2. The third-order valence-corrected chi connectivity index (χ3v) is 3.79. The van der Waals surface area contributed by atoms with Crippen molar-refractivity contribution in [1.82, 2.24) is 0 Å². The zero-order valence-corrected chi connectivity index (χ0v) is 15.2. The molecule has 3 aromatic carbocycles. The quantitative estimate of drug-likeness (QED) is 0.668. The van der Waals surface area contributed by atoms with Gasteiger partial charge in [-0.1, -0.05) is 36.4 Å². The number of rotatable bonds is 5. The first kappa shape index (κ1) is 18.2. The van der Waals surface area contributed by atoms with E-state index >= 15 is 0 Å². The molecule has 0 radical (unpaired) electrons. The lowest BCUT2D eigenvalue weighted by Gasteiger charge is -2.13. The van der Waals surface area contributed by atoms with Gasteiger partial charge in [-0.15, -0.1) is 0 Å². The molecule has 5 nitrogen and oxygen atoms in total. The van der Waals surface area contributed by atoms with Gasteiger partial charge in [-0.05, 0) is 47.5 Å². The summed E-state index contributed by atoms with van der Waals surface area (Å²) in [5.74, 6) is 1.06. The maximum absolute atomic E-state index is 11.5. The van der Waals surface area contributed by atoms with Crippen LogP contribution in [0.25, 0.3) is 11.1 Å². The minimum Gasteiger partial charge on any atom is -0.457 e. The minimum atomic E-state index is -0.208. The molecule has 3 rings (SSSR count). The van der Waals surface area contributed by atoms with E-state index in [0.717, 1.165) is 16.9 Å². The maximum Gasteiger partial charge on any atom is 0.221 e. The van der Waals surface area contributed by atoms with Crippen molar-refractivity contribution in [2.75, 3.05) is 10.6 Å². The predicted octanol–water partition coefficient (Wildman–Crippen LogP) is 5.06. The van der Waals surface area contributed by atoms with Gasteiger partial charge in [0.05, 0.1) is 11.4 Å². The molecule has 0 aromatic heterocycles. The first-order valence-electron chi connectivity index (χ1n) is 8.54. The van der Waals surface area contributed by atoms with Crippen molar-refractivity contribution in [2.24, 2.45) is 0 Å². The van der Waals surface area contributed by atoms with Gasteiger partial charge in [-0.25, -0.2) is 0 Å². The fourth-order valence-electron chi connectivity index (χ4n) is 2.68. The van der Waals surface area contributed by atoms with Crippen LogP contribution in [0.15, 0.2) is 72.8 Å². The maximum atomic E-state index is 11.5. The highest BCUT2D eigenvalue weighted by Gasteiger charge is 2.09. The van der Waals surface area contributed by atoms with Gasteiger partial charge in [-0.3, -0.25) is 9.59 Å². The number of hydrogen-bond acceptors (Lipinski definition) is 3. The van der Waals surface area contributed by atoms with E-state index in [9.17, 15) is 9.59 Å². The smallest absolute Gasteiger partial charge is 0.221 e. The number of benzene rings is 3. The van der Waals surface area contributed by atoms with E-state index in [1.807, 2.05) is 66.7 Å². The molecule has 27 heavy (non-hydrogen) atoms. The molecule has 2 amide bonds. The topological polar surface area (TPSA) is 67.4 Å². The van der Waals surface area contributed by atoms with Crippen LogP contribution in [-0.2, 0) is 9.59 Å². The Morgan fingerprint density at radius 1 is 0.667 bits per heavy atom. The van der Waals surface area contributed by atoms with Crippen molar-refractivity contribution in [1.29, 1.82) is 0 Å². The van der Waals surface area contributed by atoms with Crippen LogP contribution in [-0.4, -0.2) is 11.8 Å². The molecule has 2 N–H and O–H groups in total. The molecule has 0 saturated carbocycles. The molecule has 0 fully saturated rings. The summed E-state index contributed by atoms with van der Waals surface area (Å²) in [6, 6.07) is 22.7. The lowest BCUT2D eigenvalue weighted by molar-refractivity contribution is -0.115. The van der Waals surface area contributed by atoms with Crippen molar-refractivity contribution >= 4 is 23.2 Å². The van der Waals surface area contributed by atoms with E-state index < -0.39 is 0 Å². The molecule has 0 aliphatic heterocycles. The lowest BCUT2D eigenvalue weighted by Crippen LogP contribution is -2.12. The number of anilines is 2. The Labute approximate surface area is 158 Å².